The highest BCUT2D eigenvalue weighted by atomic mass is 16.5. The molecule has 1 aliphatic heterocycles. The van der Waals surface area contributed by atoms with Crippen molar-refractivity contribution >= 4 is 11.6 Å². The van der Waals surface area contributed by atoms with Crippen LogP contribution >= 0.6 is 0 Å². The van der Waals surface area contributed by atoms with Crippen molar-refractivity contribution in [2.45, 2.75) is 18.9 Å². The summed E-state index contributed by atoms with van der Waals surface area (Å²) in [4.78, 5) is 14.0. The number of benzene rings is 1. The van der Waals surface area contributed by atoms with Gasteiger partial charge in [0.15, 0.2) is 5.75 Å². The van der Waals surface area contributed by atoms with Crippen LogP contribution in [0.5, 0.6) is 5.75 Å². The molecule has 1 atom stereocenters. The number of nitrogens with two attached hydrogens (primary N) is 1. The number of aliphatic hydroxyl groups is 1. The number of nitrogen functional groups attached to an aromatic ring is 1. The molecule has 0 spiro atoms. The predicted molar refractivity (Wildman–Crippen MR) is 68.6 cm³/mol. The number of methoxy groups -OCH3 is 1. The van der Waals surface area contributed by atoms with Crippen LogP contribution in [0.3, 0.4) is 0 Å². The second kappa shape index (κ2) is 5.27. The highest BCUT2D eigenvalue weighted by Crippen LogP contribution is 2.27. The van der Waals surface area contributed by atoms with Gasteiger partial charge >= 0.3 is 0 Å². The molecule has 5 heteroatoms. The van der Waals surface area contributed by atoms with E-state index in [9.17, 15) is 9.90 Å². The number of aliphatic hydroxyl groups excluding tert-OH is 1. The number of amides is 1. The SMILES string of the molecule is COc1c(N)cccc1C(=O)N1CCCC(O)C1. The van der Waals surface area contributed by atoms with E-state index in [1.54, 1.807) is 23.1 Å². The second-order valence-corrected chi connectivity index (χ2v) is 4.48. The molecular weight excluding hydrogens is 232 g/mol. The molecule has 1 fully saturated rings. The lowest BCUT2D eigenvalue weighted by Crippen LogP contribution is -2.42. The number of hydrogen-bond donors (Lipinski definition) is 2. The maximum atomic E-state index is 12.4. The number of carbonyl (C=O) groups is 1. The Labute approximate surface area is 106 Å². The van der Waals surface area contributed by atoms with Crippen LogP contribution in [-0.2, 0) is 0 Å². The number of ether oxygens (including phenoxy) is 1. The molecule has 0 bridgehead atoms. The molecule has 1 aliphatic rings. The largest absolute Gasteiger partial charge is 0.494 e. The predicted octanol–water partition coefficient (Wildman–Crippen LogP) is 0.874. The molecule has 0 saturated carbocycles. The van der Waals surface area contributed by atoms with E-state index in [0.717, 1.165) is 12.8 Å². The lowest BCUT2D eigenvalue weighted by atomic mass is 10.1. The number of likely N-dealkylation sites (tertiary alicyclic amines) is 1. The summed E-state index contributed by atoms with van der Waals surface area (Å²) >= 11 is 0. The van der Waals surface area contributed by atoms with Gasteiger partial charge in [0.25, 0.3) is 5.91 Å². The van der Waals surface area contributed by atoms with E-state index in [2.05, 4.69) is 0 Å². The van der Waals surface area contributed by atoms with Gasteiger partial charge in [0.05, 0.1) is 24.5 Å². The number of anilines is 1. The fourth-order valence-electron chi connectivity index (χ4n) is 2.26. The summed E-state index contributed by atoms with van der Waals surface area (Å²) in [6, 6.07) is 5.12. The number of piperidine rings is 1. The van der Waals surface area contributed by atoms with Crippen molar-refractivity contribution in [2.75, 3.05) is 25.9 Å². The van der Waals surface area contributed by atoms with Gasteiger partial charge in [-0.15, -0.1) is 0 Å². The molecule has 0 aromatic heterocycles. The van der Waals surface area contributed by atoms with E-state index in [0.29, 0.717) is 30.1 Å². The topological polar surface area (TPSA) is 75.8 Å². The highest BCUT2D eigenvalue weighted by Gasteiger charge is 2.25. The Bertz CT molecular complexity index is 448. The molecule has 0 radical (unpaired) electrons. The Morgan fingerprint density at radius 3 is 3.00 bits per heavy atom. The fraction of sp³-hybridized carbons (Fsp3) is 0.462. The maximum Gasteiger partial charge on any atom is 0.257 e. The van der Waals surface area contributed by atoms with Gasteiger partial charge in [-0.3, -0.25) is 4.79 Å². The summed E-state index contributed by atoms with van der Waals surface area (Å²) in [5.74, 6) is 0.264. The molecule has 1 heterocycles. The minimum atomic E-state index is -0.435. The number of para-hydroxylation sites is 1. The third-order valence-corrected chi connectivity index (χ3v) is 3.16. The van der Waals surface area contributed by atoms with Crippen LogP contribution in [0.4, 0.5) is 5.69 Å². The zero-order valence-electron chi connectivity index (χ0n) is 10.4. The summed E-state index contributed by atoms with van der Waals surface area (Å²) in [6.07, 6.45) is 1.13. The first kappa shape index (κ1) is 12.7. The third kappa shape index (κ3) is 2.41. The Balaban J connectivity index is 2.25. The summed E-state index contributed by atoms with van der Waals surface area (Å²) in [5.41, 5.74) is 6.68. The van der Waals surface area contributed by atoms with Crippen LogP contribution in [-0.4, -0.2) is 42.2 Å². The van der Waals surface area contributed by atoms with E-state index < -0.39 is 6.10 Å². The lowest BCUT2D eigenvalue weighted by molar-refractivity contribution is 0.0471. The van der Waals surface area contributed by atoms with Crippen molar-refractivity contribution in [1.82, 2.24) is 4.90 Å². The molecule has 1 aromatic rings. The van der Waals surface area contributed by atoms with Gasteiger partial charge in [0.2, 0.25) is 0 Å². The molecule has 1 saturated heterocycles. The fourth-order valence-corrected chi connectivity index (χ4v) is 2.26. The Hall–Kier alpha value is -1.75. The summed E-state index contributed by atoms with van der Waals surface area (Å²) < 4.78 is 5.18. The molecule has 0 aliphatic carbocycles. The van der Waals surface area contributed by atoms with E-state index in [1.807, 2.05) is 0 Å². The minimum Gasteiger partial charge on any atom is -0.494 e. The van der Waals surface area contributed by atoms with Gasteiger partial charge in [0, 0.05) is 13.1 Å². The van der Waals surface area contributed by atoms with Gasteiger partial charge in [0.1, 0.15) is 0 Å². The molecule has 18 heavy (non-hydrogen) atoms. The number of β-amino-alcohol motifs (C(OH)–C–C–N with tert-alkyl or cyclic N) is 1. The Morgan fingerprint density at radius 1 is 1.56 bits per heavy atom. The van der Waals surface area contributed by atoms with E-state index in [4.69, 9.17) is 10.5 Å². The van der Waals surface area contributed by atoms with Crippen LogP contribution in [0, 0.1) is 0 Å². The van der Waals surface area contributed by atoms with Crippen LogP contribution < -0.4 is 10.5 Å². The van der Waals surface area contributed by atoms with Gasteiger partial charge in [-0.1, -0.05) is 6.07 Å². The molecule has 1 aromatic carbocycles. The molecule has 5 nitrogen and oxygen atoms in total. The molecule has 1 amide bonds. The minimum absolute atomic E-state index is 0.141. The zero-order valence-corrected chi connectivity index (χ0v) is 10.4. The van der Waals surface area contributed by atoms with Crippen LogP contribution in [0.25, 0.3) is 0 Å². The van der Waals surface area contributed by atoms with Crippen molar-refractivity contribution in [1.29, 1.82) is 0 Å². The van der Waals surface area contributed by atoms with Gasteiger partial charge in [-0.2, -0.15) is 0 Å². The van der Waals surface area contributed by atoms with Crippen LogP contribution in [0.2, 0.25) is 0 Å². The van der Waals surface area contributed by atoms with Crippen LogP contribution in [0.15, 0.2) is 18.2 Å². The van der Waals surface area contributed by atoms with Gasteiger partial charge < -0.3 is 20.5 Å². The molecular formula is C13H18N2O3. The maximum absolute atomic E-state index is 12.4. The molecule has 3 N–H and O–H groups in total. The smallest absolute Gasteiger partial charge is 0.257 e. The van der Waals surface area contributed by atoms with Gasteiger partial charge in [-0.05, 0) is 25.0 Å². The van der Waals surface area contributed by atoms with Crippen molar-refractivity contribution in [3.05, 3.63) is 23.8 Å². The first-order valence-corrected chi connectivity index (χ1v) is 6.03. The standard InChI is InChI=1S/C13H18N2O3/c1-18-12-10(5-2-6-11(12)14)13(17)15-7-3-4-9(16)8-15/h2,5-6,9,16H,3-4,7-8,14H2,1H3. The number of carbonyl (C=O) groups excluding carboxylic acids is 1. The normalized spacial score (nSPS) is 19.7. The van der Waals surface area contributed by atoms with Crippen LogP contribution in [0.1, 0.15) is 23.2 Å². The first-order valence-electron chi connectivity index (χ1n) is 6.03. The lowest BCUT2D eigenvalue weighted by Gasteiger charge is -2.30. The summed E-state index contributed by atoms with van der Waals surface area (Å²) in [5, 5.41) is 9.61. The average Bonchev–Trinajstić information content (AvgIpc) is 2.37. The third-order valence-electron chi connectivity index (χ3n) is 3.16. The Morgan fingerprint density at radius 2 is 2.33 bits per heavy atom. The average molecular weight is 250 g/mol. The summed E-state index contributed by atoms with van der Waals surface area (Å²) in [7, 11) is 1.49. The van der Waals surface area contributed by atoms with E-state index in [1.165, 1.54) is 7.11 Å². The number of rotatable bonds is 2. The van der Waals surface area contributed by atoms with Crippen molar-refractivity contribution < 1.29 is 14.6 Å². The monoisotopic (exact) mass is 250 g/mol. The molecule has 2 rings (SSSR count). The Kier molecular flexibility index (Phi) is 3.72. The summed E-state index contributed by atoms with van der Waals surface area (Å²) in [6.45, 7) is 1.03. The quantitative estimate of drug-likeness (QED) is 0.764. The van der Waals surface area contributed by atoms with Crippen molar-refractivity contribution in [3.63, 3.8) is 0 Å². The van der Waals surface area contributed by atoms with Gasteiger partial charge in [-0.25, -0.2) is 0 Å². The number of nitrogens with zero attached hydrogens (tertiary/aromatic N) is 1. The molecule has 98 valence electrons. The van der Waals surface area contributed by atoms with Crippen molar-refractivity contribution in [3.8, 4) is 5.75 Å². The van der Waals surface area contributed by atoms with E-state index in [-0.39, 0.29) is 5.91 Å². The zero-order chi connectivity index (χ0) is 13.1. The highest BCUT2D eigenvalue weighted by molar-refractivity contribution is 5.98. The van der Waals surface area contributed by atoms with E-state index >= 15 is 0 Å². The van der Waals surface area contributed by atoms with Crippen molar-refractivity contribution in [2.24, 2.45) is 0 Å². The first-order chi connectivity index (χ1) is 8.63. The number of hydrogen-bond acceptors (Lipinski definition) is 4. The molecule has 1 unspecified atom stereocenters. The second-order valence-electron chi connectivity index (χ2n) is 4.48.